The minimum Gasteiger partial charge on any atom is -0.479 e. The van der Waals surface area contributed by atoms with Crippen LogP contribution in [0.5, 0.6) is 0 Å². The zero-order valence-corrected chi connectivity index (χ0v) is 12.6. The Morgan fingerprint density at radius 1 is 1.41 bits per heavy atom. The molecule has 2 unspecified atom stereocenters. The normalized spacial score (nSPS) is 14.1. The van der Waals surface area contributed by atoms with Crippen LogP contribution in [0.1, 0.15) is 28.9 Å². The van der Waals surface area contributed by atoms with Crippen LogP contribution in [0.2, 0.25) is 0 Å². The van der Waals surface area contributed by atoms with E-state index in [1.165, 1.54) is 6.07 Å². The number of hydrogen-bond acceptors (Lipinski definition) is 3. The Balaban J connectivity index is 3.36. The summed E-state index contributed by atoms with van der Waals surface area (Å²) in [5.41, 5.74) is 0.382. The highest BCUT2D eigenvalue weighted by molar-refractivity contribution is 14.1. The molecule has 0 aromatic heterocycles. The van der Waals surface area contributed by atoms with Gasteiger partial charge in [0.2, 0.25) is 0 Å². The number of carbonyl (C=O) groups excluding carboxylic acids is 1. The molecular weight excluding hydrogens is 403 g/mol. The number of carboxylic acid groups (broad SMARTS) is 1. The number of rotatable bonds is 4. The quantitative estimate of drug-likeness (QED) is 0.452. The predicted octanol–water partition coefficient (Wildman–Crippen LogP) is 2.38. The summed E-state index contributed by atoms with van der Waals surface area (Å²) in [6.45, 7) is 1.66. The summed E-state index contributed by atoms with van der Waals surface area (Å²) >= 11 is 5.09. The van der Waals surface area contributed by atoms with Gasteiger partial charge in [0.15, 0.2) is 11.9 Å². The van der Waals surface area contributed by atoms with Gasteiger partial charge in [-0.2, -0.15) is 0 Å². The summed E-state index contributed by atoms with van der Waals surface area (Å²) in [4.78, 5) is 22.3. The minimum atomic E-state index is -1.69. The second-order valence-electron chi connectivity index (χ2n) is 3.43. The third kappa shape index (κ3) is 3.26. The number of hydrogen-bond donors (Lipinski definition) is 2. The average molecular weight is 413 g/mol. The van der Waals surface area contributed by atoms with E-state index in [4.69, 9.17) is 5.11 Å². The molecular formula is C11H10BrIO4. The van der Waals surface area contributed by atoms with E-state index in [-0.39, 0.29) is 16.9 Å². The molecule has 2 N–H and O–H groups in total. The molecule has 0 aliphatic heterocycles. The maximum atomic E-state index is 12.0. The third-order valence-corrected chi connectivity index (χ3v) is 3.50. The molecule has 17 heavy (non-hydrogen) atoms. The number of aliphatic hydroxyl groups excluding tert-OH is 1. The number of carboxylic acids is 1. The molecule has 6 heteroatoms. The highest BCUT2D eigenvalue weighted by Crippen LogP contribution is 2.26. The molecule has 0 amide bonds. The van der Waals surface area contributed by atoms with Crippen LogP contribution < -0.4 is 0 Å². The van der Waals surface area contributed by atoms with Gasteiger partial charge in [-0.25, -0.2) is 4.79 Å². The van der Waals surface area contributed by atoms with Crippen molar-refractivity contribution in [2.45, 2.75) is 17.9 Å². The fraction of sp³-hybridized carbons (Fsp3) is 0.273. The second kappa shape index (κ2) is 5.92. The van der Waals surface area contributed by atoms with E-state index >= 15 is 0 Å². The van der Waals surface area contributed by atoms with E-state index in [1.54, 1.807) is 19.1 Å². The van der Waals surface area contributed by atoms with Gasteiger partial charge in [0.1, 0.15) is 0 Å². The van der Waals surface area contributed by atoms with Gasteiger partial charge < -0.3 is 10.2 Å². The maximum absolute atomic E-state index is 12.0. The number of ketones is 1. The van der Waals surface area contributed by atoms with E-state index in [2.05, 4.69) is 15.9 Å². The summed E-state index contributed by atoms with van der Waals surface area (Å²) in [6.07, 6.45) is -1.69. The average Bonchev–Trinajstić information content (AvgIpc) is 2.26. The van der Waals surface area contributed by atoms with E-state index in [0.29, 0.717) is 3.57 Å². The molecule has 0 aliphatic rings. The van der Waals surface area contributed by atoms with Gasteiger partial charge in [0, 0.05) is 14.7 Å². The van der Waals surface area contributed by atoms with Crippen LogP contribution in [-0.4, -0.2) is 26.8 Å². The van der Waals surface area contributed by atoms with Crippen molar-refractivity contribution in [3.8, 4) is 0 Å². The number of aliphatic hydroxyl groups is 1. The summed E-state index contributed by atoms with van der Waals surface area (Å²) in [7, 11) is 0. The molecule has 2 atom stereocenters. The Labute approximate surface area is 120 Å². The van der Waals surface area contributed by atoms with Crippen molar-refractivity contribution in [3.05, 3.63) is 32.9 Å². The van der Waals surface area contributed by atoms with E-state index in [1.807, 2.05) is 22.6 Å². The van der Waals surface area contributed by atoms with Gasteiger partial charge in [-0.1, -0.05) is 28.1 Å². The molecule has 0 fully saturated rings. The molecule has 1 aromatic carbocycles. The first-order valence-corrected chi connectivity index (χ1v) is 6.73. The lowest BCUT2D eigenvalue weighted by atomic mass is 9.98. The zero-order chi connectivity index (χ0) is 13.2. The number of alkyl halides is 1. The monoisotopic (exact) mass is 412 g/mol. The predicted molar refractivity (Wildman–Crippen MR) is 74.5 cm³/mol. The van der Waals surface area contributed by atoms with Gasteiger partial charge in [0.05, 0.1) is 4.83 Å². The number of Topliss-reactive ketones (excluding diaryl/α,β-unsaturated/α-hetero) is 1. The van der Waals surface area contributed by atoms with Gasteiger partial charge in [-0.15, -0.1) is 0 Å². The highest BCUT2D eigenvalue weighted by Gasteiger charge is 2.26. The molecule has 0 spiro atoms. The lowest BCUT2D eigenvalue weighted by Gasteiger charge is -2.14. The van der Waals surface area contributed by atoms with Gasteiger partial charge in [-0.3, -0.25) is 4.79 Å². The molecule has 4 nitrogen and oxygen atoms in total. The Bertz CT molecular complexity index is 459. The summed E-state index contributed by atoms with van der Waals surface area (Å²) in [5.74, 6) is -1.62. The summed E-state index contributed by atoms with van der Waals surface area (Å²) in [6, 6.07) is 4.75. The largest absolute Gasteiger partial charge is 0.479 e. The number of aliphatic carboxylic acids is 1. The maximum Gasteiger partial charge on any atom is 0.337 e. The van der Waals surface area contributed by atoms with E-state index < -0.39 is 16.9 Å². The number of carbonyl (C=O) groups is 2. The van der Waals surface area contributed by atoms with Crippen LogP contribution >= 0.6 is 38.5 Å². The molecule has 92 valence electrons. The Morgan fingerprint density at radius 2 is 2.00 bits per heavy atom. The topological polar surface area (TPSA) is 74.6 Å². The second-order valence-corrected chi connectivity index (χ2v) is 5.96. The fourth-order valence-electron chi connectivity index (χ4n) is 1.36. The van der Waals surface area contributed by atoms with Crippen molar-refractivity contribution in [2.24, 2.45) is 0 Å². The Hall–Kier alpha value is -0.470. The van der Waals surface area contributed by atoms with Crippen LogP contribution in [0.4, 0.5) is 0 Å². The smallest absolute Gasteiger partial charge is 0.337 e. The molecule has 0 bridgehead atoms. The van der Waals surface area contributed by atoms with E-state index in [9.17, 15) is 14.7 Å². The van der Waals surface area contributed by atoms with Gasteiger partial charge in [0.25, 0.3) is 0 Å². The van der Waals surface area contributed by atoms with Crippen molar-refractivity contribution >= 4 is 50.3 Å². The van der Waals surface area contributed by atoms with Crippen molar-refractivity contribution < 1.29 is 19.8 Å². The highest BCUT2D eigenvalue weighted by atomic mass is 127. The molecule has 0 aliphatic carbocycles. The summed E-state index contributed by atoms with van der Waals surface area (Å²) in [5, 5.41) is 18.4. The number of halogens is 2. The standard InChI is InChI=1S/C11H10BrIO4/c1-5(12)9(14)8-6(10(15)11(16)17)3-2-4-7(8)13/h2-5,10,15H,1H3,(H,16,17). The first-order valence-electron chi connectivity index (χ1n) is 4.73. The van der Waals surface area contributed by atoms with Gasteiger partial charge >= 0.3 is 5.97 Å². The molecule has 0 saturated carbocycles. The van der Waals surface area contributed by atoms with Crippen LogP contribution in [0.3, 0.4) is 0 Å². The first kappa shape index (κ1) is 14.6. The molecule has 0 saturated heterocycles. The zero-order valence-electron chi connectivity index (χ0n) is 8.85. The van der Waals surface area contributed by atoms with Crippen molar-refractivity contribution in [1.82, 2.24) is 0 Å². The fourth-order valence-corrected chi connectivity index (χ4v) is 2.37. The molecule has 0 heterocycles. The van der Waals surface area contributed by atoms with Crippen LogP contribution in [0, 0.1) is 3.57 Å². The van der Waals surface area contributed by atoms with Crippen LogP contribution in [0.15, 0.2) is 18.2 Å². The lowest BCUT2D eigenvalue weighted by Crippen LogP contribution is -2.19. The SMILES string of the molecule is CC(Br)C(=O)c1c(I)cccc1C(O)C(=O)O. The Morgan fingerprint density at radius 3 is 2.47 bits per heavy atom. The molecule has 1 rings (SSSR count). The van der Waals surface area contributed by atoms with Crippen LogP contribution in [-0.2, 0) is 4.79 Å². The first-order chi connectivity index (χ1) is 7.86. The Kier molecular flexibility index (Phi) is 5.08. The number of benzene rings is 1. The molecule has 0 radical (unpaired) electrons. The van der Waals surface area contributed by atoms with Crippen molar-refractivity contribution in [2.75, 3.05) is 0 Å². The van der Waals surface area contributed by atoms with E-state index in [0.717, 1.165) is 0 Å². The minimum absolute atomic E-state index is 0.126. The van der Waals surface area contributed by atoms with Crippen LogP contribution in [0.25, 0.3) is 0 Å². The molecule has 1 aromatic rings. The van der Waals surface area contributed by atoms with Gasteiger partial charge in [-0.05, 0) is 35.6 Å². The van der Waals surface area contributed by atoms with Crippen molar-refractivity contribution in [3.63, 3.8) is 0 Å². The summed E-state index contributed by atoms with van der Waals surface area (Å²) < 4.78 is 0.622. The third-order valence-electron chi connectivity index (χ3n) is 2.18. The lowest BCUT2D eigenvalue weighted by molar-refractivity contribution is -0.146. The van der Waals surface area contributed by atoms with Crippen molar-refractivity contribution in [1.29, 1.82) is 0 Å².